The van der Waals surface area contributed by atoms with Gasteiger partial charge in [0.2, 0.25) is 0 Å². The maximum atomic E-state index is 9.37. The predicted molar refractivity (Wildman–Crippen MR) is 73.2 cm³/mol. The minimum absolute atomic E-state index is 0.202. The molecule has 0 aromatic heterocycles. The van der Waals surface area contributed by atoms with Crippen LogP contribution in [0, 0.1) is 5.92 Å². The smallest absolute Gasteiger partial charge is 0.0526 e. The van der Waals surface area contributed by atoms with Gasteiger partial charge in [0.25, 0.3) is 0 Å². The van der Waals surface area contributed by atoms with E-state index in [0.29, 0.717) is 12.1 Å². The first-order chi connectivity index (χ1) is 8.02. The summed E-state index contributed by atoms with van der Waals surface area (Å²) in [4.78, 5) is 2.53. The standard InChI is InChI=1S/C14H30N2O/c1-5-16-8-6-14(7-9-16)13(4)15-11(2)10-12(3)17/h11-15,17H,5-10H2,1-4H3. The Balaban J connectivity index is 2.26. The summed E-state index contributed by atoms with van der Waals surface area (Å²) in [5, 5.41) is 13.0. The lowest BCUT2D eigenvalue weighted by molar-refractivity contribution is 0.146. The van der Waals surface area contributed by atoms with Gasteiger partial charge in [0.15, 0.2) is 0 Å². The van der Waals surface area contributed by atoms with Gasteiger partial charge in [-0.2, -0.15) is 0 Å². The highest BCUT2D eigenvalue weighted by atomic mass is 16.3. The maximum Gasteiger partial charge on any atom is 0.0526 e. The number of aliphatic hydroxyl groups excluding tert-OH is 1. The van der Waals surface area contributed by atoms with Crippen LogP contribution in [0.4, 0.5) is 0 Å². The molecule has 0 saturated carbocycles. The number of piperidine rings is 1. The molecule has 3 heteroatoms. The van der Waals surface area contributed by atoms with Crippen LogP contribution >= 0.6 is 0 Å². The highest BCUT2D eigenvalue weighted by Crippen LogP contribution is 2.20. The van der Waals surface area contributed by atoms with Gasteiger partial charge in [0.05, 0.1) is 6.10 Å². The summed E-state index contributed by atoms with van der Waals surface area (Å²) in [6, 6.07) is 0.983. The Bertz CT molecular complexity index is 200. The molecule has 102 valence electrons. The van der Waals surface area contributed by atoms with Crippen LogP contribution in [0.3, 0.4) is 0 Å². The minimum atomic E-state index is -0.202. The van der Waals surface area contributed by atoms with Crippen LogP contribution in [0.2, 0.25) is 0 Å². The second kappa shape index (κ2) is 7.34. The number of rotatable bonds is 6. The first kappa shape index (κ1) is 14.9. The number of nitrogens with zero attached hydrogens (tertiary/aromatic N) is 1. The summed E-state index contributed by atoms with van der Waals surface area (Å²) in [6.07, 6.45) is 3.26. The summed E-state index contributed by atoms with van der Waals surface area (Å²) in [6.45, 7) is 12.3. The molecule has 0 aromatic carbocycles. The van der Waals surface area contributed by atoms with Crippen molar-refractivity contribution >= 4 is 0 Å². The summed E-state index contributed by atoms with van der Waals surface area (Å²) in [7, 11) is 0. The van der Waals surface area contributed by atoms with Crippen LogP contribution in [-0.2, 0) is 0 Å². The van der Waals surface area contributed by atoms with Crippen molar-refractivity contribution in [3.63, 3.8) is 0 Å². The molecular formula is C14H30N2O. The van der Waals surface area contributed by atoms with Crippen molar-refractivity contribution in [3.8, 4) is 0 Å². The van der Waals surface area contributed by atoms with E-state index in [9.17, 15) is 5.11 Å². The van der Waals surface area contributed by atoms with E-state index in [1.165, 1.54) is 32.5 Å². The van der Waals surface area contributed by atoms with Crippen molar-refractivity contribution in [3.05, 3.63) is 0 Å². The van der Waals surface area contributed by atoms with Crippen LogP contribution in [0.1, 0.15) is 47.0 Å². The van der Waals surface area contributed by atoms with Crippen molar-refractivity contribution in [1.29, 1.82) is 0 Å². The molecule has 1 saturated heterocycles. The molecule has 1 heterocycles. The fourth-order valence-corrected chi connectivity index (χ4v) is 2.93. The van der Waals surface area contributed by atoms with Gasteiger partial charge in [0.1, 0.15) is 0 Å². The molecule has 1 aliphatic heterocycles. The van der Waals surface area contributed by atoms with Crippen LogP contribution in [0.25, 0.3) is 0 Å². The molecule has 0 bridgehead atoms. The van der Waals surface area contributed by atoms with Gasteiger partial charge in [-0.1, -0.05) is 6.92 Å². The Morgan fingerprint density at radius 3 is 2.29 bits per heavy atom. The lowest BCUT2D eigenvalue weighted by Crippen LogP contribution is -2.45. The topological polar surface area (TPSA) is 35.5 Å². The average molecular weight is 242 g/mol. The lowest BCUT2D eigenvalue weighted by atomic mass is 9.89. The fourth-order valence-electron chi connectivity index (χ4n) is 2.93. The number of aliphatic hydroxyl groups is 1. The molecule has 2 N–H and O–H groups in total. The monoisotopic (exact) mass is 242 g/mol. The first-order valence-corrected chi connectivity index (χ1v) is 7.19. The Morgan fingerprint density at radius 1 is 1.24 bits per heavy atom. The van der Waals surface area contributed by atoms with Gasteiger partial charge in [-0.25, -0.2) is 0 Å². The van der Waals surface area contributed by atoms with Gasteiger partial charge in [-0.05, 0) is 65.6 Å². The van der Waals surface area contributed by atoms with Gasteiger partial charge in [0, 0.05) is 12.1 Å². The molecule has 3 unspecified atom stereocenters. The van der Waals surface area contributed by atoms with Crippen molar-refractivity contribution in [2.45, 2.75) is 65.1 Å². The summed E-state index contributed by atoms with van der Waals surface area (Å²) in [5.41, 5.74) is 0. The molecule has 0 aliphatic carbocycles. The molecule has 17 heavy (non-hydrogen) atoms. The Kier molecular flexibility index (Phi) is 6.45. The normalized spacial score (nSPS) is 24.5. The summed E-state index contributed by atoms with van der Waals surface area (Å²) in [5.74, 6) is 0.800. The van der Waals surface area contributed by atoms with E-state index in [0.717, 1.165) is 12.3 Å². The van der Waals surface area contributed by atoms with Crippen LogP contribution in [0.15, 0.2) is 0 Å². The van der Waals surface area contributed by atoms with Gasteiger partial charge >= 0.3 is 0 Å². The first-order valence-electron chi connectivity index (χ1n) is 7.19. The molecule has 3 nitrogen and oxygen atoms in total. The maximum absolute atomic E-state index is 9.37. The number of likely N-dealkylation sites (tertiary alicyclic amines) is 1. The van der Waals surface area contributed by atoms with E-state index in [1.54, 1.807) is 0 Å². The third-order valence-corrected chi connectivity index (χ3v) is 4.03. The van der Waals surface area contributed by atoms with E-state index in [-0.39, 0.29) is 6.10 Å². The predicted octanol–water partition coefficient (Wildman–Crippen LogP) is 1.86. The van der Waals surface area contributed by atoms with E-state index in [4.69, 9.17) is 0 Å². The van der Waals surface area contributed by atoms with Gasteiger partial charge in [-0.15, -0.1) is 0 Å². The summed E-state index contributed by atoms with van der Waals surface area (Å²) >= 11 is 0. The second-order valence-electron chi connectivity index (χ2n) is 5.71. The highest BCUT2D eigenvalue weighted by Gasteiger charge is 2.23. The van der Waals surface area contributed by atoms with Crippen molar-refractivity contribution in [2.75, 3.05) is 19.6 Å². The van der Waals surface area contributed by atoms with Gasteiger partial charge < -0.3 is 15.3 Å². The van der Waals surface area contributed by atoms with Crippen LogP contribution in [-0.4, -0.2) is 47.8 Å². The van der Waals surface area contributed by atoms with Gasteiger partial charge in [-0.3, -0.25) is 0 Å². The van der Waals surface area contributed by atoms with E-state index in [2.05, 4.69) is 31.0 Å². The molecule has 1 fully saturated rings. The zero-order chi connectivity index (χ0) is 12.8. The Morgan fingerprint density at radius 2 is 1.82 bits per heavy atom. The SMILES string of the molecule is CCN1CCC(C(C)NC(C)CC(C)O)CC1. The molecule has 0 amide bonds. The zero-order valence-corrected chi connectivity index (χ0v) is 11.9. The second-order valence-corrected chi connectivity index (χ2v) is 5.71. The van der Waals surface area contributed by atoms with E-state index in [1.807, 2.05) is 6.92 Å². The largest absolute Gasteiger partial charge is 0.393 e. The lowest BCUT2D eigenvalue weighted by Gasteiger charge is -2.35. The van der Waals surface area contributed by atoms with Crippen LogP contribution < -0.4 is 5.32 Å². The molecular weight excluding hydrogens is 212 g/mol. The highest BCUT2D eigenvalue weighted by molar-refractivity contribution is 4.81. The Labute approximate surface area is 107 Å². The quantitative estimate of drug-likeness (QED) is 0.746. The number of hydrogen-bond acceptors (Lipinski definition) is 3. The molecule has 0 radical (unpaired) electrons. The minimum Gasteiger partial charge on any atom is -0.393 e. The van der Waals surface area contributed by atoms with E-state index >= 15 is 0 Å². The van der Waals surface area contributed by atoms with Crippen LogP contribution in [0.5, 0.6) is 0 Å². The Hall–Kier alpha value is -0.120. The van der Waals surface area contributed by atoms with E-state index < -0.39 is 0 Å². The molecule has 1 rings (SSSR count). The third kappa shape index (κ3) is 5.36. The number of nitrogens with one attached hydrogen (secondary N) is 1. The zero-order valence-electron chi connectivity index (χ0n) is 11.9. The molecule has 3 atom stereocenters. The third-order valence-electron chi connectivity index (χ3n) is 4.03. The van der Waals surface area contributed by atoms with Crippen molar-refractivity contribution in [2.24, 2.45) is 5.92 Å². The molecule has 0 spiro atoms. The van der Waals surface area contributed by atoms with Crippen molar-refractivity contribution in [1.82, 2.24) is 10.2 Å². The number of hydrogen-bond donors (Lipinski definition) is 2. The summed E-state index contributed by atoms with van der Waals surface area (Å²) < 4.78 is 0. The fraction of sp³-hybridized carbons (Fsp3) is 1.00. The van der Waals surface area contributed by atoms with Crippen molar-refractivity contribution < 1.29 is 5.11 Å². The molecule has 0 aromatic rings. The average Bonchev–Trinajstić information content (AvgIpc) is 2.28. The molecule has 1 aliphatic rings.